The molecular formula is C18H25N3O3. The molecule has 0 unspecified atom stereocenters. The van der Waals surface area contributed by atoms with Crippen molar-refractivity contribution in [3.8, 4) is 5.75 Å². The van der Waals surface area contributed by atoms with Crippen LogP contribution in [-0.4, -0.2) is 24.9 Å². The predicted molar refractivity (Wildman–Crippen MR) is 93.2 cm³/mol. The van der Waals surface area contributed by atoms with E-state index < -0.39 is 5.41 Å². The van der Waals surface area contributed by atoms with Gasteiger partial charge in [0, 0.05) is 0 Å². The Hall–Kier alpha value is -2.37. The van der Waals surface area contributed by atoms with Crippen LogP contribution < -0.4 is 15.4 Å². The summed E-state index contributed by atoms with van der Waals surface area (Å²) >= 11 is 0. The number of hydrogen-bond acceptors (Lipinski definition) is 4. The van der Waals surface area contributed by atoms with Gasteiger partial charge in [-0.2, -0.15) is 0 Å². The number of carbonyl (C=O) groups excluding carboxylic acids is 2. The van der Waals surface area contributed by atoms with Gasteiger partial charge in [0.2, 0.25) is 17.8 Å². The molecule has 2 N–H and O–H groups in total. The average Bonchev–Trinajstić information content (AvgIpc) is 2.56. The van der Waals surface area contributed by atoms with Gasteiger partial charge in [0.15, 0.2) is 0 Å². The molecule has 1 fully saturated rings. The summed E-state index contributed by atoms with van der Waals surface area (Å²) in [5.41, 5.74) is -0.411. The fraction of sp³-hybridized carbons (Fsp3) is 0.500. The Kier molecular flexibility index (Phi) is 5.59. The van der Waals surface area contributed by atoms with Crippen molar-refractivity contribution in [3.05, 3.63) is 24.3 Å². The zero-order valence-electron chi connectivity index (χ0n) is 14.7. The van der Waals surface area contributed by atoms with Gasteiger partial charge in [-0.15, -0.1) is 0 Å². The van der Waals surface area contributed by atoms with E-state index in [-0.39, 0.29) is 23.7 Å². The van der Waals surface area contributed by atoms with Crippen LogP contribution in [0.5, 0.6) is 5.75 Å². The summed E-state index contributed by atoms with van der Waals surface area (Å²) in [5, 5.41) is 5.51. The lowest BCUT2D eigenvalue weighted by molar-refractivity contribution is -0.147. The number of guanidine groups is 1. The van der Waals surface area contributed by atoms with E-state index in [2.05, 4.69) is 22.5 Å². The predicted octanol–water partition coefficient (Wildman–Crippen LogP) is 2.76. The summed E-state index contributed by atoms with van der Waals surface area (Å²) in [6, 6.07) is 7.05. The number of benzene rings is 1. The molecule has 0 saturated carbocycles. The zero-order valence-corrected chi connectivity index (χ0v) is 14.7. The third-order valence-corrected chi connectivity index (χ3v) is 4.71. The number of rotatable bonds is 6. The molecule has 1 atom stereocenters. The van der Waals surface area contributed by atoms with Gasteiger partial charge in [0.25, 0.3) is 0 Å². The summed E-state index contributed by atoms with van der Waals surface area (Å²) in [6.07, 6.45) is 2.21. The molecule has 1 aromatic carbocycles. The lowest BCUT2D eigenvalue weighted by Gasteiger charge is -2.38. The maximum atomic E-state index is 12.7. The van der Waals surface area contributed by atoms with Gasteiger partial charge in [-0.3, -0.25) is 20.2 Å². The number of hydrogen-bond donors (Lipinski definition) is 2. The minimum absolute atomic E-state index is 0.0324. The third-order valence-electron chi connectivity index (χ3n) is 4.71. The molecule has 1 aromatic rings. The standard InChI is InChI=1S/C18H25N3O3/c1-5-7-12(3)18(6-2)15(22)20-17(21-16(18)23)19-13-8-10-14(24-4)11-9-13/h8-12H,5-7H2,1-4H3,(H2,19,20,21,22,23)/t12-/m0/s1. The molecule has 0 aromatic heterocycles. The van der Waals surface area contributed by atoms with E-state index >= 15 is 0 Å². The van der Waals surface area contributed by atoms with Crippen molar-refractivity contribution in [1.29, 1.82) is 0 Å². The second kappa shape index (κ2) is 7.47. The summed E-state index contributed by atoms with van der Waals surface area (Å²) < 4.78 is 5.10. The van der Waals surface area contributed by atoms with Crippen LogP contribution in [0.3, 0.4) is 0 Å². The van der Waals surface area contributed by atoms with Crippen molar-refractivity contribution in [2.75, 3.05) is 7.11 Å². The molecule has 1 saturated heterocycles. The maximum absolute atomic E-state index is 12.7. The van der Waals surface area contributed by atoms with Gasteiger partial charge in [-0.05, 0) is 43.0 Å². The fourth-order valence-corrected chi connectivity index (χ4v) is 3.21. The van der Waals surface area contributed by atoms with E-state index in [1.54, 1.807) is 31.4 Å². The highest BCUT2D eigenvalue weighted by Crippen LogP contribution is 2.36. The number of nitrogens with zero attached hydrogens (tertiary/aromatic N) is 1. The first-order valence-corrected chi connectivity index (χ1v) is 8.33. The van der Waals surface area contributed by atoms with E-state index in [0.717, 1.165) is 12.8 Å². The van der Waals surface area contributed by atoms with Crippen LogP contribution >= 0.6 is 0 Å². The van der Waals surface area contributed by atoms with E-state index in [0.29, 0.717) is 17.9 Å². The highest BCUT2D eigenvalue weighted by Gasteiger charge is 2.51. The van der Waals surface area contributed by atoms with E-state index in [1.807, 2.05) is 13.8 Å². The van der Waals surface area contributed by atoms with E-state index in [9.17, 15) is 9.59 Å². The SMILES string of the molecule is CCC[C@H](C)C1(CC)C(=O)NC(=Nc2ccc(OC)cc2)NC1=O. The van der Waals surface area contributed by atoms with Crippen LogP contribution in [0.1, 0.15) is 40.0 Å². The molecule has 1 heterocycles. The van der Waals surface area contributed by atoms with Crippen LogP contribution in [-0.2, 0) is 9.59 Å². The zero-order chi connectivity index (χ0) is 17.7. The third kappa shape index (κ3) is 3.27. The summed E-state index contributed by atoms with van der Waals surface area (Å²) in [4.78, 5) is 29.7. The first-order chi connectivity index (χ1) is 11.5. The van der Waals surface area contributed by atoms with Gasteiger partial charge >= 0.3 is 0 Å². The minimum atomic E-state index is -1.03. The maximum Gasteiger partial charge on any atom is 0.242 e. The Morgan fingerprint density at radius 3 is 2.17 bits per heavy atom. The Morgan fingerprint density at radius 1 is 1.12 bits per heavy atom. The van der Waals surface area contributed by atoms with Crippen LogP contribution in [0.25, 0.3) is 0 Å². The van der Waals surface area contributed by atoms with Crippen molar-refractivity contribution in [1.82, 2.24) is 10.6 Å². The molecule has 24 heavy (non-hydrogen) atoms. The normalized spacial score (nSPS) is 21.8. The average molecular weight is 331 g/mol. The summed E-state index contributed by atoms with van der Waals surface area (Å²) in [5.74, 6) is 0.302. The Balaban J connectivity index is 2.24. The number of methoxy groups -OCH3 is 1. The van der Waals surface area contributed by atoms with Crippen LogP contribution in [0, 0.1) is 11.3 Å². The van der Waals surface area contributed by atoms with Crippen molar-refractivity contribution >= 4 is 23.5 Å². The van der Waals surface area contributed by atoms with Crippen LogP contribution in [0.2, 0.25) is 0 Å². The topological polar surface area (TPSA) is 79.8 Å². The van der Waals surface area contributed by atoms with Gasteiger partial charge in [0.1, 0.15) is 11.2 Å². The number of ether oxygens (including phenoxy) is 1. The molecule has 6 nitrogen and oxygen atoms in total. The van der Waals surface area contributed by atoms with Crippen molar-refractivity contribution in [2.45, 2.75) is 40.0 Å². The molecule has 0 spiro atoms. The number of nitrogens with one attached hydrogen (secondary N) is 2. The Bertz CT molecular complexity index is 617. The summed E-state index contributed by atoms with van der Waals surface area (Å²) in [6.45, 7) is 5.88. The van der Waals surface area contributed by atoms with Gasteiger partial charge in [-0.1, -0.05) is 27.2 Å². The lowest BCUT2D eigenvalue weighted by Crippen LogP contribution is -2.64. The van der Waals surface area contributed by atoms with Gasteiger partial charge in [-0.25, -0.2) is 4.99 Å². The lowest BCUT2D eigenvalue weighted by atomic mass is 9.70. The van der Waals surface area contributed by atoms with Crippen LogP contribution in [0.4, 0.5) is 5.69 Å². The fourth-order valence-electron chi connectivity index (χ4n) is 3.21. The molecule has 0 bridgehead atoms. The quantitative estimate of drug-likeness (QED) is 0.787. The Morgan fingerprint density at radius 2 is 1.71 bits per heavy atom. The first-order valence-electron chi connectivity index (χ1n) is 8.33. The molecule has 1 aliphatic heterocycles. The Labute approximate surface area is 142 Å². The van der Waals surface area contributed by atoms with Crippen molar-refractivity contribution in [2.24, 2.45) is 16.3 Å². The van der Waals surface area contributed by atoms with E-state index in [4.69, 9.17) is 4.74 Å². The molecular weight excluding hydrogens is 306 g/mol. The largest absolute Gasteiger partial charge is 0.497 e. The summed E-state index contributed by atoms with van der Waals surface area (Å²) in [7, 11) is 1.59. The number of aliphatic imine (C=N–C) groups is 1. The second-order valence-corrected chi connectivity index (χ2v) is 6.08. The van der Waals surface area contributed by atoms with Crippen LogP contribution in [0.15, 0.2) is 29.3 Å². The molecule has 0 radical (unpaired) electrons. The van der Waals surface area contributed by atoms with E-state index in [1.165, 1.54) is 0 Å². The molecule has 130 valence electrons. The highest BCUT2D eigenvalue weighted by atomic mass is 16.5. The first kappa shape index (κ1) is 18.0. The monoisotopic (exact) mass is 331 g/mol. The smallest absolute Gasteiger partial charge is 0.242 e. The molecule has 2 rings (SSSR count). The van der Waals surface area contributed by atoms with Gasteiger partial charge in [0.05, 0.1) is 12.8 Å². The molecule has 0 aliphatic carbocycles. The molecule has 2 amide bonds. The second-order valence-electron chi connectivity index (χ2n) is 6.08. The number of amides is 2. The number of carbonyl (C=O) groups is 2. The van der Waals surface area contributed by atoms with Crippen molar-refractivity contribution in [3.63, 3.8) is 0 Å². The van der Waals surface area contributed by atoms with Gasteiger partial charge < -0.3 is 4.74 Å². The molecule has 1 aliphatic rings. The van der Waals surface area contributed by atoms with Crippen molar-refractivity contribution < 1.29 is 14.3 Å². The molecule has 6 heteroatoms. The highest BCUT2D eigenvalue weighted by molar-refractivity contribution is 6.20. The minimum Gasteiger partial charge on any atom is -0.497 e.